The average Bonchev–Trinajstić information content (AvgIpc) is 2.28. The molecule has 0 atom stereocenters. The Bertz CT molecular complexity index is 360. The van der Waals surface area contributed by atoms with Gasteiger partial charge < -0.3 is 5.32 Å². The highest BCUT2D eigenvalue weighted by Gasteiger charge is 2.09. The summed E-state index contributed by atoms with van der Waals surface area (Å²) in [6.07, 6.45) is 1.46. The van der Waals surface area contributed by atoms with Crippen LogP contribution in [0.1, 0.15) is 12.5 Å². The second kappa shape index (κ2) is 6.02. The minimum atomic E-state index is -0.280. The molecule has 0 spiro atoms. The third kappa shape index (κ3) is 3.17. The highest BCUT2D eigenvalue weighted by molar-refractivity contribution is 6.05. The van der Waals surface area contributed by atoms with Gasteiger partial charge in [-0.05, 0) is 37.7 Å². The van der Waals surface area contributed by atoms with Gasteiger partial charge in [0.15, 0.2) is 0 Å². The topological polar surface area (TPSA) is 49.4 Å². The molecule has 4 nitrogen and oxygen atoms in total. The van der Waals surface area contributed by atoms with Gasteiger partial charge in [-0.1, -0.05) is 12.1 Å². The number of nitrogens with one attached hydrogen (secondary N) is 1. The van der Waals surface area contributed by atoms with Crippen molar-refractivity contribution in [3.63, 3.8) is 0 Å². The molecule has 0 radical (unpaired) electrons. The maximum atomic E-state index is 11.1. The van der Waals surface area contributed by atoms with E-state index in [4.69, 9.17) is 0 Å². The van der Waals surface area contributed by atoms with Gasteiger partial charge in [0.25, 0.3) is 0 Å². The van der Waals surface area contributed by atoms with Crippen molar-refractivity contribution < 1.29 is 9.59 Å². The Morgan fingerprint density at radius 1 is 1.38 bits per heavy atom. The molecule has 0 aromatic heterocycles. The van der Waals surface area contributed by atoms with Crippen molar-refractivity contribution in [2.45, 2.75) is 13.3 Å². The van der Waals surface area contributed by atoms with Crippen molar-refractivity contribution in [1.29, 1.82) is 0 Å². The summed E-state index contributed by atoms with van der Waals surface area (Å²) in [5.74, 6) is -0.280. The Morgan fingerprint density at radius 3 is 2.44 bits per heavy atom. The van der Waals surface area contributed by atoms with E-state index in [0.29, 0.717) is 12.1 Å². The minimum absolute atomic E-state index is 0.280. The lowest BCUT2D eigenvalue weighted by molar-refractivity contribution is -0.120. The quantitative estimate of drug-likeness (QED) is 0.752. The van der Waals surface area contributed by atoms with Crippen LogP contribution in [0.2, 0.25) is 0 Å². The molecule has 1 aromatic rings. The number of nitrogens with zero attached hydrogens (tertiary/aromatic N) is 1. The molecule has 1 N–H and O–H groups in total. The van der Waals surface area contributed by atoms with Gasteiger partial charge in [0, 0.05) is 6.92 Å². The molecule has 0 aliphatic rings. The third-order valence-corrected chi connectivity index (χ3v) is 2.32. The molecule has 0 unspecified atom stereocenters. The third-order valence-electron chi connectivity index (χ3n) is 2.32. The normalized spacial score (nSPS) is 9.88. The Hall–Kier alpha value is -1.68. The number of rotatable bonds is 5. The first kappa shape index (κ1) is 12.4. The molecule has 0 saturated carbocycles. The maximum absolute atomic E-state index is 11.1. The van der Waals surface area contributed by atoms with Crippen LogP contribution < -0.4 is 10.2 Å². The fourth-order valence-electron chi connectivity index (χ4n) is 1.41. The first-order valence-corrected chi connectivity index (χ1v) is 5.17. The summed E-state index contributed by atoms with van der Waals surface area (Å²) in [6, 6.07) is 7.40. The van der Waals surface area contributed by atoms with Crippen LogP contribution in [-0.4, -0.2) is 25.9 Å². The van der Waals surface area contributed by atoms with Crippen LogP contribution in [0.5, 0.6) is 0 Å². The van der Waals surface area contributed by atoms with Gasteiger partial charge in [0.05, 0.1) is 5.69 Å². The monoisotopic (exact) mass is 220 g/mol. The van der Waals surface area contributed by atoms with E-state index in [2.05, 4.69) is 5.32 Å². The zero-order valence-corrected chi connectivity index (χ0v) is 9.56. The van der Waals surface area contributed by atoms with E-state index in [0.717, 1.165) is 17.9 Å². The SMILES string of the molecule is CNCCc1ccc(N(C=O)C(C)=O)cc1. The number of anilines is 1. The van der Waals surface area contributed by atoms with Crippen LogP contribution in [0.25, 0.3) is 0 Å². The summed E-state index contributed by atoms with van der Waals surface area (Å²) >= 11 is 0. The molecule has 1 aromatic carbocycles. The van der Waals surface area contributed by atoms with Crippen molar-refractivity contribution in [2.75, 3.05) is 18.5 Å². The van der Waals surface area contributed by atoms with Gasteiger partial charge in [-0.25, -0.2) is 0 Å². The predicted octanol–water partition coefficient (Wildman–Crippen LogP) is 0.958. The fraction of sp³-hybridized carbons (Fsp3) is 0.333. The summed E-state index contributed by atoms with van der Waals surface area (Å²) in [6.45, 7) is 2.27. The molecule has 0 bridgehead atoms. The summed E-state index contributed by atoms with van der Waals surface area (Å²) in [4.78, 5) is 22.9. The molecule has 0 saturated heterocycles. The van der Waals surface area contributed by atoms with E-state index < -0.39 is 0 Å². The van der Waals surface area contributed by atoms with E-state index >= 15 is 0 Å². The van der Waals surface area contributed by atoms with Crippen LogP contribution in [0.3, 0.4) is 0 Å². The van der Waals surface area contributed by atoms with Crippen molar-refractivity contribution >= 4 is 18.0 Å². The van der Waals surface area contributed by atoms with Crippen molar-refractivity contribution in [2.24, 2.45) is 0 Å². The number of hydrogen-bond donors (Lipinski definition) is 1. The number of imide groups is 1. The molecule has 2 amide bonds. The van der Waals surface area contributed by atoms with Crippen LogP contribution in [0.4, 0.5) is 5.69 Å². The smallest absolute Gasteiger partial charge is 0.230 e. The highest BCUT2D eigenvalue weighted by atomic mass is 16.2. The molecule has 0 aliphatic heterocycles. The lowest BCUT2D eigenvalue weighted by atomic mass is 10.1. The van der Waals surface area contributed by atoms with E-state index in [1.54, 1.807) is 12.1 Å². The second-order valence-electron chi connectivity index (χ2n) is 3.51. The Morgan fingerprint density at radius 2 is 2.00 bits per heavy atom. The Labute approximate surface area is 95.3 Å². The fourth-order valence-corrected chi connectivity index (χ4v) is 1.41. The molecular weight excluding hydrogens is 204 g/mol. The van der Waals surface area contributed by atoms with E-state index in [9.17, 15) is 9.59 Å². The molecule has 0 heterocycles. The second-order valence-corrected chi connectivity index (χ2v) is 3.51. The highest BCUT2D eigenvalue weighted by Crippen LogP contribution is 2.14. The number of hydrogen-bond acceptors (Lipinski definition) is 3. The molecular formula is C12H16N2O2. The number of carbonyl (C=O) groups is 2. The number of amides is 2. The maximum Gasteiger partial charge on any atom is 0.230 e. The van der Waals surface area contributed by atoms with Crippen LogP contribution >= 0.6 is 0 Å². The molecule has 86 valence electrons. The summed E-state index contributed by atoms with van der Waals surface area (Å²) in [5, 5.41) is 3.06. The minimum Gasteiger partial charge on any atom is -0.319 e. The van der Waals surface area contributed by atoms with Crippen molar-refractivity contribution in [3.05, 3.63) is 29.8 Å². The largest absolute Gasteiger partial charge is 0.319 e. The summed E-state index contributed by atoms with van der Waals surface area (Å²) < 4.78 is 0. The lowest BCUT2D eigenvalue weighted by Gasteiger charge is -2.13. The Balaban J connectivity index is 2.77. The molecule has 16 heavy (non-hydrogen) atoms. The predicted molar refractivity (Wildman–Crippen MR) is 63.3 cm³/mol. The average molecular weight is 220 g/mol. The number of likely N-dealkylation sites (N-methyl/N-ethyl adjacent to an activating group) is 1. The van der Waals surface area contributed by atoms with Gasteiger partial charge in [-0.2, -0.15) is 0 Å². The summed E-state index contributed by atoms with van der Waals surface area (Å²) in [7, 11) is 1.90. The number of benzene rings is 1. The zero-order valence-electron chi connectivity index (χ0n) is 9.56. The summed E-state index contributed by atoms with van der Waals surface area (Å²) in [5.41, 5.74) is 1.78. The molecule has 1 rings (SSSR count). The number of carbonyl (C=O) groups excluding carboxylic acids is 2. The van der Waals surface area contributed by atoms with Gasteiger partial charge in [-0.15, -0.1) is 0 Å². The lowest BCUT2D eigenvalue weighted by Crippen LogP contribution is -2.26. The van der Waals surface area contributed by atoms with Crippen molar-refractivity contribution in [1.82, 2.24) is 5.32 Å². The van der Waals surface area contributed by atoms with Gasteiger partial charge in [0.1, 0.15) is 0 Å². The zero-order chi connectivity index (χ0) is 12.0. The van der Waals surface area contributed by atoms with E-state index in [1.165, 1.54) is 12.5 Å². The first-order valence-electron chi connectivity index (χ1n) is 5.17. The molecule has 4 heteroatoms. The van der Waals surface area contributed by atoms with Crippen LogP contribution in [0.15, 0.2) is 24.3 Å². The standard InChI is InChI=1S/C12H16N2O2/c1-10(16)14(9-15)12-5-3-11(4-6-12)7-8-13-2/h3-6,9,13H,7-8H2,1-2H3. The van der Waals surface area contributed by atoms with Crippen molar-refractivity contribution in [3.8, 4) is 0 Å². The first-order chi connectivity index (χ1) is 7.69. The molecule has 0 aliphatic carbocycles. The van der Waals surface area contributed by atoms with Crippen LogP contribution in [-0.2, 0) is 16.0 Å². The van der Waals surface area contributed by atoms with Gasteiger partial charge in [0.2, 0.25) is 12.3 Å². The molecule has 0 fully saturated rings. The van der Waals surface area contributed by atoms with Gasteiger partial charge >= 0.3 is 0 Å². The van der Waals surface area contributed by atoms with Crippen LogP contribution in [0, 0.1) is 0 Å². The van der Waals surface area contributed by atoms with Gasteiger partial charge in [-0.3, -0.25) is 14.5 Å². The van der Waals surface area contributed by atoms with E-state index in [1.807, 2.05) is 19.2 Å². The Kier molecular flexibility index (Phi) is 4.66. The van der Waals surface area contributed by atoms with E-state index in [-0.39, 0.29) is 5.91 Å².